The van der Waals surface area contributed by atoms with Gasteiger partial charge in [0.1, 0.15) is 0 Å². The highest BCUT2D eigenvalue weighted by molar-refractivity contribution is 7.88. The molecule has 0 fully saturated rings. The monoisotopic (exact) mass is 275 g/mol. The van der Waals surface area contributed by atoms with E-state index in [-0.39, 0.29) is 17.7 Å². The van der Waals surface area contributed by atoms with Crippen LogP contribution in [-0.2, 0) is 15.8 Å². The summed E-state index contributed by atoms with van der Waals surface area (Å²) in [5, 5.41) is 0. The van der Waals surface area contributed by atoms with Crippen molar-refractivity contribution in [1.29, 1.82) is 0 Å². The van der Waals surface area contributed by atoms with Crippen LogP contribution >= 0.6 is 11.6 Å². The summed E-state index contributed by atoms with van der Waals surface area (Å²) in [6, 6.07) is 5.52. The van der Waals surface area contributed by atoms with Gasteiger partial charge in [-0.1, -0.05) is 18.2 Å². The van der Waals surface area contributed by atoms with Gasteiger partial charge in [0, 0.05) is 11.9 Å². The standard InChI is InChI=1S/C12H18ClNO2S/c1-9-5-4-6-10(2)12(9)8-17(15,16)14-11(3)7-13/h4-6,11,14H,7-8H2,1-3H3. The molecule has 1 aromatic carbocycles. The fourth-order valence-electron chi connectivity index (χ4n) is 1.65. The van der Waals surface area contributed by atoms with E-state index >= 15 is 0 Å². The van der Waals surface area contributed by atoms with Crippen molar-refractivity contribution in [2.45, 2.75) is 32.6 Å². The zero-order valence-corrected chi connectivity index (χ0v) is 11.9. The van der Waals surface area contributed by atoms with Gasteiger partial charge in [0.05, 0.1) is 5.75 Å². The van der Waals surface area contributed by atoms with Crippen LogP contribution in [0.15, 0.2) is 18.2 Å². The van der Waals surface area contributed by atoms with Crippen LogP contribution in [0.3, 0.4) is 0 Å². The van der Waals surface area contributed by atoms with Crippen LogP contribution in [0, 0.1) is 13.8 Å². The van der Waals surface area contributed by atoms with Crippen molar-refractivity contribution in [1.82, 2.24) is 4.72 Å². The van der Waals surface area contributed by atoms with Gasteiger partial charge in [-0.05, 0) is 37.5 Å². The average Bonchev–Trinajstić information content (AvgIpc) is 2.23. The Morgan fingerprint density at radius 3 is 2.29 bits per heavy atom. The van der Waals surface area contributed by atoms with Crippen LogP contribution in [0.5, 0.6) is 0 Å². The van der Waals surface area contributed by atoms with Gasteiger partial charge in [-0.25, -0.2) is 13.1 Å². The second-order valence-corrected chi connectivity index (χ2v) is 6.37. The molecule has 0 aliphatic rings. The second kappa shape index (κ2) is 5.85. The highest BCUT2D eigenvalue weighted by Gasteiger charge is 2.16. The molecule has 0 aliphatic carbocycles. The maximum Gasteiger partial charge on any atom is 0.216 e. The first-order valence-corrected chi connectivity index (χ1v) is 7.65. The Morgan fingerprint density at radius 1 is 1.29 bits per heavy atom. The zero-order chi connectivity index (χ0) is 13.1. The molecule has 96 valence electrons. The number of hydrogen-bond acceptors (Lipinski definition) is 2. The second-order valence-electron chi connectivity index (χ2n) is 4.30. The molecule has 0 saturated heterocycles. The van der Waals surface area contributed by atoms with Crippen molar-refractivity contribution in [2.24, 2.45) is 0 Å². The van der Waals surface area contributed by atoms with Gasteiger partial charge in [0.15, 0.2) is 0 Å². The first-order valence-electron chi connectivity index (χ1n) is 5.47. The number of hydrogen-bond donors (Lipinski definition) is 1. The lowest BCUT2D eigenvalue weighted by atomic mass is 10.1. The molecule has 1 rings (SSSR count). The molecule has 0 radical (unpaired) electrons. The number of alkyl halides is 1. The predicted octanol–water partition coefficient (Wildman–Crippen LogP) is 2.35. The third-order valence-corrected chi connectivity index (χ3v) is 4.48. The van der Waals surface area contributed by atoms with E-state index in [4.69, 9.17) is 11.6 Å². The summed E-state index contributed by atoms with van der Waals surface area (Å²) >= 11 is 5.60. The Labute approximate surface area is 108 Å². The topological polar surface area (TPSA) is 46.2 Å². The molecule has 0 aromatic heterocycles. The Hall–Kier alpha value is -0.580. The van der Waals surface area contributed by atoms with Crippen molar-refractivity contribution in [3.8, 4) is 0 Å². The molecule has 0 bridgehead atoms. The van der Waals surface area contributed by atoms with E-state index < -0.39 is 10.0 Å². The Kier molecular flexibility index (Phi) is 4.98. The molecule has 0 aliphatic heterocycles. The van der Waals surface area contributed by atoms with Crippen molar-refractivity contribution in [3.63, 3.8) is 0 Å². The molecule has 1 N–H and O–H groups in total. The fraction of sp³-hybridized carbons (Fsp3) is 0.500. The lowest BCUT2D eigenvalue weighted by Crippen LogP contribution is -2.34. The smallest absolute Gasteiger partial charge is 0.212 e. The minimum atomic E-state index is -3.33. The van der Waals surface area contributed by atoms with Gasteiger partial charge in [-0.3, -0.25) is 0 Å². The minimum Gasteiger partial charge on any atom is -0.212 e. The summed E-state index contributed by atoms with van der Waals surface area (Å²) in [4.78, 5) is 0. The molecular formula is C12H18ClNO2S. The largest absolute Gasteiger partial charge is 0.216 e. The first-order chi connectivity index (χ1) is 7.85. The van der Waals surface area contributed by atoms with Gasteiger partial charge >= 0.3 is 0 Å². The van der Waals surface area contributed by atoms with Gasteiger partial charge in [-0.2, -0.15) is 0 Å². The summed E-state index contributed by atoms with van der Waals surface area (Å²) in [7, 11) is -3.33. The van der Waals surface area contributed by atoms with Crippen LogP contribution < -0.4 is 4.72 Å². The number of halogens is 1. The molecular weight excluding hydrogens is 258 g/mol. The summed E-state index contributed by atoms with van der Waals surface area (Å²) in [6.07, 6.45) is 0. The first kappa shape index (κ1) is 14.5. The van der Waals surface area contributed by atoms with E-state index in [1.807, 2.05) is 32.0 Å². The Balaban J connectivity index is 2.91. The van der Waals surface area contributed by atoms with Crippen molar-refractivity contribution in [3.05, 3.63) is 34.9 Å². The SMILES string of the molecule is Cc1cccc(C)c1CS(=O)(=O)NC(C)CCl. The van der Waals surface area contributed by atoms with Gasteiger partial charge in [0.25, 0.3) is 0 Å². The molecule has 17 heavy (non-hydrogen) atoms. The summed E-state index contributed by atoms with van der Waals surface area (Å²) in [6.45, 7) is 5.58. The highest BCUT2D eigenvalue weighted by Crippen LogP contribution is 2.16. The summed E-state index contributed by atoms with van der Waals surface area (Å²) < 4.78 is 26.4. The molecule has 5 heteroatoms. The van der Waals surface area contributed by atoms with Gasteiger partial charge in [0.2, 0.25) is 10.0 Å². The molecule has 1 unspecified atom stereocenters. The quantitative estimate of drug-likeness (QED) is 0.839. The third kappa shape index (κ3) is 4.30. The molecule has 0 amide bonds. The van der Waals surface area contributed by atoms with E-state index in [2.05, 4.69) is 4.72 Å². The number of rotatable bonds is 5. The van der Waals surface area contributed by atoms with Crippen LogP contribution in [-0.4, -0.2) is 20.3 Å². The Morgan fingerprint density at radius 2 is 1.82 bits per heavy atom. The maximum atomic E-state index is 11.9. The van der Waals surface area contributed by atoms with Gasteiger partial charge in [-0.15, -0.1) is 11.6 Å². The zero-order valence-electron chi connectivity index (χ0n) is 10.3. The summed E-state index contributed by atoms with van der Waals surface area (Å²) in [5.74, 6) is 0.277. The van der Waals surface area contributed by atoms with E-state index in [1.165, 1.54) is 0 Å². The number of nitrogens with one attached hydrogen (secondary N) is 1. The Bertz CT molecular complexity index is 465. The number of aryl methyl sites for hydroxylation is 2. The van der Waals surface area contributed by atoms with E-state index in [0.717, 1.165) is 16.7 Å². The summed E-state index contributed by atoms with van der Waals surface area (Å²) in [5.41, 5.74) is 2.85. The van der Waals surface area contributed by atoms with Crippen LogP contribution in [0.25, 0.3) is 0 Å². The van der Waals surface area contributed by atoms with E-state index in [9.17, 15) is 8.42 Å². The number of sulfonamides is 1. The van der Waals surface area contributed by atoms with Crippen molar-refractivity contribution < 1.29 is 8.42 Å². The predicted molar refractivity (Wildman–Crippen MR) is 71.9 cm³/mol. The van der Waals surface area contributed by atoms with Crippen molar-refractivity contribution in [2.75, 3.05) is 5.88 Å². The minimum absolute atomic E-state index is 0.00668. The molecule has 0 heterocycles. The van der Waals surface area contributed by atoms with Crippen molar-refractivity contribution >= 4 is 21.6 Å². The molecule has 1 atom stereocenters. The van der Waals surface area contributed by atoms with E-state index in [1.54, 1.807) is 6.92 Å². The highest BCUT2D eigenvalue weighted by atomic mass is 35.5. The van der Waals surface area contributed by atoms with Crippen LogP contribution in [0.2, 0.25) is 0 Å². The third-order valence-electron chi connectivity index (χ3n) is 2.59. The lowest BCUT2D eigenvalue weighted by molar-refractivity contribution is 0.569. The average molecular weight is 276 g/mol. The van der Waals surface area contributed by atoms with Crippen LogP contribution in [0.1, 0.15) is 23.6 Å². The van der Waals surface area contributed by atoms with Crippen LogP contribution in [0.4, 0.5) is 0 Å². The molecule has 3 nitrogen and oxygen atoms in total. The molecule has 1 aromatic rings. The van der Waals surface area contributed by atoms with Gasteiger partial charge < -0.3 is 0 Å². The lowest BCUT2D eigenvalue weighted by Gasteiger charge is -2.14. The van der Waals surface area contributed by atoms with E-state index in [0.29, 0.717) is 0 Å². The normalized spacial score (nSPS) is 13.6. The molecule has 0 saturated carbocycles. The molecule has 0 spiro atoms. The number of benzene rings is 1. The fourth-order valence-corrected chi connectivity index (χ4v) is 3.43. The maximum absolute atomic E-state index is 11.9.